The second-order valence-electron chi connectivity index (χ2n) is 2.03. The van der Waals surface area contributed by atoms with Gasteiger partial charge in [-0.1, -0.05) is 0 Å². The van der Waals surface area contributed by atoms with Gasteiger partial charge in [0.2, 0.25) is 6.41 Å². The quantitative estimate of drug-likeness (QED) is 0.329. The Kier molecular flexibility index (Phi) is 6.11. The summed E-state index contributed by atoms with van der Waals surface area (Å²) in [6.45, 7) is 0.451. The molecule has 10 heavy (non-hydrogen) atoms. The number of amides is 1. The fourth-order valence-electron chi connectivity index (χ4n) is 0.602. The largest absolute Gasteiger partial charge is 0.396 e. The van der Waals surface area contributed by atoms with Crippen molar-refractivity contribution in [1.29, 1.82) is 0 Å². The first-order valence-electron chi connectivity index (χ1n) is 3.27. The molecule has 4 heteroatoms. The zero-order valence-corrected chi connectivity index (χ0v) is 5.79. The van der Waals surface area contributed by atoms with Crippen molar-refractivity contribution in [3.05, 3.63) is 0 Å². The number of carbonyl (C=O) groups excluding carboxylic acids is 1. The SMILES string of the molecule is O=CNCC[C@@H](O)CCO. The second kappa shape index (κ2) is 6.51. The van der Waals surface area contributed by atoms with Crippen LogP contribution in [0, 0.1) is 0 Å². The minimum absolute atomic E-state index is 0.0117. The average molecular weight is 147 g/mol. The van der Waals surface area contributed by atoms with Crippen LogP contribution < -0.4 is 5.32 Å². The zero-order chi connectivity index (χ0) is 7.82. The van der Waals surface area contributed by atoms with Gasteiger partial charge in [0.1, 0.15) is 0 Å². The number of carbonyl (C=O) groups is 1. The monoisotopic (exact) mass is 147 g/mol. The number of rotatable bonds is 6. The van der Waals surface area contributed by atoms with E-state index in [1.807, 2.05) is 0 Å². The lowest BCUT2D eigenvalue weighted by Crippen LogP contribution is -2.19. The zero-order valence-electron chi connectivity index (χ0n) is 5.79. The Bertz CT molecular complexity index is 87.1. The van der Waals surface area contributed by atoms with Crippen molar-refractivity contribution in [3.63, 3.8) is 0 Å². The highest BCUT2D eigenvalue weighted by molar-refractivity contribution is 5.45. The summed E-state index contributed by atoms with van der Waals surface area (Å²) in [4.78, 5) is 9.70. The van der Waals surface area contributed by atoms with Gasteiger partial charge in [0.05, 0.1) is 6.10 Å². The van der Waals surface area contributed by atoms with E-state index < -0.39 is 6.10 Å². The predicted octanol–water partition coefficient (Wildman–Crippen LogP) is -1.13. The molecule has 0 spiro atoms. The van der Waals surface area contributed by atoms with E-state index in [0.717, 1.165) is 0 Å². The van der Waals surface area contributed by atoms with Gasteiger partial charge in [-0.15, -0.1) is 0 Å². The molecule has 0 aliphatic carbocycles. The first-order chi connectivity index (χ1) is 4.81. The van der Waals surface area contributed by atoms with Gasteiger partial charge in [-0.25, -0.2) is 0 Å². The van der Waals surface area contributed by atoms with Crippen LogP contribution in [0.2, 0.25) is 0 Å². The maximum atomic E-state index is 9.70. The molecule has 0 radical (unpaired) electrons. The molecular weight excluding hydrogens is 134 g/mol. The number of aliphatic hydroxyl groups excluding tert-OH is 2. The molecule has 4 nitrogen and oxygen atoms in total. The highest BCUT2D eigenvalue weighted by atomic mass is 16.3. The number of hydrogen-bond donors (Lipinski definition) is 3. The third-order valence-corrected chi connectivity index (χ3v) is 1.17. The number of hydrogen-bond acceptors (Lipinski definition) is 3. The van der Waals surface area contributed by atoms with Crippen LogP contribution in [0.5, 0.6) is 0 Å². The Morgan fingerprint density at radius 1 is 1.50 bits per heavy atom. The molecule has 0 aromatic carbocycles. The van der Waals surface area contributed by atoms with Crippen molar-refractivity contribution in [2.24, 2.45) is 0 Å². The minimum atomic E-state index is -0.502. The second-order valence-corrected chi connectivity index (χ2v) is 2.03. The van der Waals surface area contributed by atoms with Gasteiger partial charge in [0.25, 0.3) is 0 Å². The van der Waals surface area contributed by atoms with Gasteiger partial charge in [-0.05, 0) is 12.8 Å². The van der Waals surface area contributed by atoms with Gasteiger partial charge >= 0.3 is 0 Å². The summed E-state index contributed by atoms with van der Waals surface area (Å²) < 4.78 is 0. The maximum Gasteiger partial charge on any atom is 0.207 e. The Hall–Kier alpha value is -0.610. The van der Waals surface area contributed by atoms with E-state index in [9.17, 15) is 4.79 Å². The lowest BCUT2D eigenvalue weighted by Gasteiger charge is -2.06. The van der Waals surface area contributed by atoms with E-state index in [1.165, 1.54) is 0 Å². The lowest BCUT2D eigenvalue weighted by atomic mass is 10.2. The number of nitrogens with one attached hydrogen (secondary N) is 1. The van der Waals surface area contributed by atoms with E-state index in [4.69, 9.17) is 10.2 Å². The van der Waals surface area contributed by atoms with E-state index in [2.05, 4.69) is 5.32 Å². The van der Waals surface area contributed by atoms with Gasteiger partial charge in [0.15, 0.2) is 0 Å². The number of aliphatic hydroxyl groups is 2. The lowest BCUT2D eigenvalue weighted by molar-refractivity contribution is -0.109. The molecule has 1 atom stereocenters. The maximum absolute atomic E-state index is 9.70. The molecule has 0 aromatic heterocycles. The molecule has 0 bridgehead atoms. The van der Waals surface area contributed by atoms with E-state index >= 15 is 0 Å². The summed E-state index contributed by atoms with van der Waals surface area (Å²) in [6.07, 6.45) is 0.961. The fraction of sp³-hybridized carbons (Fsp3) is 0.833. The molecule has 60 valence electrons. The summed E-state index contributed by atoms with van der Waals surface area (Å²) in [5.41, 5.74) is 0. The van der Waals surface area contributed by atoms with Gasteiger partial charge in [-0.2, -0.15) is 0 Å². The third-order valence-electron chi connectivity index (χ3n) is 1.17. The van der Waals surface area contributed by atoms with Crippen molar-refractivity contribution in [2.45, 2.75) is 18.9 Å². The minimum Gasteiger partial charge on any atom is -0.396 e. The van der Waals surface area contributed by atoms with Gasteiger partial charge < -0.3 is 15.5 Å². The molecule has 0 saturated heterocycles. The third kappa shape index (κ3) is 5.53. The van der Waals surface area contributed by atoms with Crippen molar-refractivity contribution >= 4 is 6.41 Å². The van der Waals surface area contributed by atoms with Crippen LogP contribution in [0.15, 0.2) is 0 Å². The van der Waals surface area contributed by atoms with Crippen LogP contribution in [-0.4, -0.2) is 35.9 Å². The molecule has 0 aliphatic rings. The molecule has 0 rings (SSSR count). The highest BCUT2D eigenvalue weighted by Gasteiger charge is 2.00. The van der Waals surface area contributed by atoms with E-state index in [1.54, 1.807) is 0 Å². The Labute approximate surface area is 59.9 Å². The normalized spacial score (nSPS) is 12.6. The molecule has 0 fully saturated rings. The van der Waals surface area contributed by atoms with Gasteiger partial charge in [0, 0.05) is 13.2 Å². The first kappa shape index (κ1) is 9.39. The van der Waals surface area contributed by atoms with Crippen molar-refractivity contribution < 1.29 is 15.0 Å². The predicted molar refractivity (Wildman–Crippen MR) is 36.4 cm³/mol. The van der Waals surface area contributed by atoms with E-state index in [0.29, 0.717) is 25.8 Å². The first-order valence-corrected chi connectivity index (χ1v) is 3.27. The molecule has 0 heterocycles. The molecule has 0 aliphatic heterocycles. The van der Waals surface area contributed by atoms with Crippen LogP contribution in [0.25, 0.3) is 0 Å². The van der Waals surface area contributed by atoms with Crippen molar-refractivity contribution in [3.8, 4) is 0 Å². The van der Waals surface area contributed by atoms with Crippen LogP contribution >= 0.6 is 0 Å². The van der Waals surface area contributed by atoms with Gasteiger partial charge in [-0.3, -0.25) is 4.79 Å². The van der Waals surface area contributed by atoms with E-state index in [-0.39, 0.29) is 6.61 Å². The van der Waals surface area contributed by atoms with Crippen LogP contribution in [0.4, 0.5) is 0 Å². The van der Waals surface area contributed by atoms with Crippen LogP contribution in [0.1, 0.15) is 12.8 Å². The summed E-state index contributed by atoms with van der Waals surface area (Å²) >= 11 is 0. The summed E-state index contributed by atoms with van der Waals surface area (Å²) in [7, 11) is 0. The summed E-state index contributed by atoms with van der Waals surface area (Å²) in [6, 6.07) is 0. The van der Waals surface area contributed by atoms with Crippen LogP contribution in [0.3, 0.4) is 0 Å². The Morgan fingerprint density at radius 3 is 2.70 bits per heavy atom. The molecule has 0 aromatic rings. The smallest absolute Gasteiger partial charge is 0.207 e. The molecule has 1 amide bonds. The molecule has 3 N–H and O–H groups in total. The average Bonchev–Trinajstić information content (AvgIpc) is 1.89. The topological polar surface area (TPSA) is 69.6 Å². The molecule has 0 saturated carbocycles. The Morgan fingerprint density at radius 2 is 2.20 bits per heavy atom. The molecule has 0 unspecified atom stereocenters. The highest BCUT2D eigenvalue weighted by Crippen LogP contribution is 1.93. The summed E-state index contributed by atoms with van der Waals surface area (Å²) in [5, 5.41) is 19.7. The summed E-state index contributed by atoms with van der Waals surface area (Å²) in [5.74, 6) is 0. The molecular formula is C6H13NO3. The standard InChI is InChI=1S/C6H13NO3/c8-4-2-6(10)1-3-7-5-9/h5-6,8,10H,1-4H2,(H,7,9)/t6-/m1/s1. The van der Waals surface area contributed by atoms with Crippen molar-refractivity contribution in [2.75, 3.05) is 13.2 Å². The van der Waals surface area contributed by atoms with Crippen LogP contribution in [-0.2, 0) is 4.79 Å². The fourth-order valence-corrected chi connectivity index (χ4v) is 0.602. The van der Waals surface area contributed by atoms with Crippen molar-refractivity contribution in [1.82, 2.24) is 5.32 Å². The Balaban J connectivity index is 3.04.